The van der Waals surface area contributed by atoms with E-state index in [0.717, 1.165) is 4.43 Å². The van der Waals surface area contributed by atoms with Crippen LogP contribution in [0.25, 0.3) is 0 Å². The first-order chi connectivity index (χ1) is 8.58. The Morgan fingerprint density at radius 1 is 1.61 bits per heavy atom. The van der Waals surface area contributed by atoms with Crippen molar-refractivity contribution in [3.8, 4) is 0 Å². The Labute approximate surface area is 114 Å². The summed E-state index contributed by atoms with van der Waals surface area (Å²) >= 11 is 2.46. The molecule has 92 valence electrons. The van der Waals surface area contributed by atoms with E-state index >= 15 is 0 Å². The van der Waals surface area contributed by atoms with E-state index in [1.54, 1.807) is 12.1 Å². The van der Waals surface area contributed by atoms with Crippen LogP contribution in [0.15, 0.2) is 29.4 Å². The van der Waals surface area contributed by atoms with Gasteiger partial charge in [-0.3, -0.25) is 9.79 Å². The number of nitrogens with two attached hydrogens (primary N) is 2. The van der Waals surface area contributed by atoms with Crippen molar-refractivity contribution < 1.29 is 4.79 Å². The highest BCUT2D eigenvalue weighted by molar-refractivity contribution is 6.47. The Morgan fingerprint density at radius 2 is 2.33 bits per heavy atom. The summed E-state index contributed by atoms with van der Waals surface area (Å²) in [6.45, 7) is 2.32. The van der Waals surface area contributed by atoms with Gasteiger partial charge in [0.05, 0.1) is 0 Å². The van der Waals surface area contributed by atoms with Gasteiger partial charge in [0.2, 0.25) is 0 Å². The van der Waals surface area contributed by atoms with Gasteiger partial charge in [-0.05, 0) is 25.3 Å². The SMILES string of the molecule is CCN=C(C=CN)C(=O)Nc1cc[c]([Al])c(N)n1. The van der Waals surface area contributed by atoms with Crippen LogP contribution in [0.5, 0.6) is 0 Å². The first-order valence-corrected chi connectivity index (χ1v) is 5.92. The van der Waals surface area contributed by atoms with E-state index in [2.05, 4.69) is 31.6 Å². The second kappa shape index (κ2) is 6.79. The second-order valence-electron chi connectivity index (χ2n) is 3.34. The molecule has 0 spiro atoms. The number of nitrogens with one attached hydrogen (secondary N) is 1. The molecule has 0 aliphatic heterocycles. The van der Waals surface area contributed by atoms with Crippen molar-refractivity contribution >= 4 is 44.0 Å². The van der Waals surface area contributed by atoms with Crippen LogP contribution in [0.3, 0.4) is 0 Å². The molecule has 0 fully saturated rings. The van der Waals surface area contributed by atoms with Gasteiger partial charge in [0.25, 0.3) is 5.91 Å². The van der Waals surface area contributed by atoms with E-state index in [0.29, 0.717) is 18.2 Å². The van der Waals surface area contributed by atoms with Gasteiger partial charge in [-0.2, -0.15) is 0 Å². The highest BCUT2D eigenvalue weighted by atomic mass is 27.0. The molecule has 1 heterocycles. The quantitative estimate of drug-likeness (QED) is 0.492. The number of carbonyl (C=O) groups is 1. The Hall–Kier alpha value is -1.84. The number of carbonyl (C=O) groups excluding carboxylic acids is 1. The number of anilines is 2. The third-order valence-electron chi connectivity index (χ3n) is 2.01. The minimum Gasteiger partial charge on any atom is -0.405 e. The summed E-state index contributed by atoms with van der Waals surface area (Å²) in [5.74, 6) is 0.348. The molecule has 7 heteroatoms. The van der Waals surface area contributed by atoms with Gasteiger partial charge in [0, 0.05) is 6.54 Å². The van der Waals surface area contributed by atoms with E-state index in [4.69, 9.17) is 11.5 Å². The van der Waals surface area contributed by atoms with Gasteiger partial charge in [-0.25, -0.2) is 4.98 Å². The molecule has 0 atom stereocenters. The van der Waals surface area contributed by atoms with Crippen LogP contribution in [0.2, 0.25) is 0 Å². The molecule has 0 aliphatic rings. The first-order valence-electron chi connectivity index (χ1n) is 5.34. The maximum Gasteiger partial charge on any atom is 0.275 e. The van der Waals surface area contributed by atoms with E-state index in [9.17, 15) is 4.79 Å². The van der Waals surface area contributed by atoms with Crippen molar-refractivity contribution in [2.45, 2.75) is 6.92 Å². The van der Waals surface area contributed by atoms with Crippen LogP contribution in [0, 0.1) is 0 Å². The third-order valence-corrected chi connectivity index (χ3v) is 2.50. The molecule has 18 heavy (non-hydrogen) atoms. The van der Waals surface area contributed by atoms with Gasteiger partial charge in [-0.15, -0.1) is 0 Å². The maximum absolute atomic E-state index is 11.9. The van der Waals surface area contributed by atoms with Crippen LogP contribution in [-0.2, 0) is 4.79 Å². The van der Waals surface area contributed by atoms with Gasteiger partial charge in [-0.1, -0.05) is 10.5 Å². The standard InChI is InChI=1S/C11H14N5O.Al/c1-2-14-8(6-7-12)11(17)16-10-5-3-4-9(13)15-10;/h3,5-7H,2,12H2,1H3,(H3,13,15,16,17);. The highest BCUT2D eigenvalue weighted by Crippen LogP contribution is 2.03. The molecule has 6 nitrogen and oxygen atoms in total. The number of aliphatic imine (C=N–C) groups is 1. The number of hydrogen-bond acceptors (Lipinski definition) is 5. The number of nitrogen functional groups attached to an aromatic ring is 1. The third kappa shape index (κ3) is 3.88. The van der Waals surface area contributed by atoms with Crippen LogP contribution in [-0.4, -0.2) is 39.4 Å². The molecule has 0 aromatic carbocycles. The number of amides is 1. The lowest BCUT2D eigenvalue weighted by molar-refractivity contribution is -0.110. The monoisotopic (exact) mass is 259 g/mol. The number of pyridine rings is 1. The van der Waals surface area contributed by atoms with Gasteiger partial charge in [0.15, 0.2) is 16.3 Å². The van der Waals surface area contributed by atoms with Crippen LogP contribution in [0.4, 0.5) is 11.6 Å². The Morgan fingerprint density at radius 3 is 2.89 bits per heavy atom. The normalized spacial score (nSPS) is 11.7. The largest absolute Gasteiger partial charge is 0.405 e. The van der Waals surface area contributed by atoms with Crippen molar-refractivity contribution in [3.05, 3.63) is 24.4 Å². The Balaban J connectivity index is 2.86. The number of rotatable bonds is 4. The van der Waals surface area contributed by atoms with E-state index in [1.807, 2.05) is 6.92 Å². The molecular formula is C11H14AlN5O. The predicted octanol–water partition coefficient (Wildman–Crippen LogP) is -0.671. The molecule has 0 saturated carbocycles. The minimum absolute atomic E-state index is 0.246. The highest BCUT2D eigenvalue weighted by Gasteiger charge is 2.09. The fraction of sp³-hybridized carbons (Fsp3) is 0.182. The van der Waals surface area contributed by atoms with Crippen molar-refractivity contribution in [2.75, 3.05) is 17.6 Å². The number of aromatic nitrogens is 1. The fourth-order valence-electron chi connectivity index (χ4n) is 1.20. The summed E-state index contributed by atoms with van der Waals surface area (Å²) in [7, 11) is 0. The summed E-state index contributed by atoms with van der Waals surface area (Å²) in [5, 5.41) is 2.60. The molecule has 1 aromatic heterocycles. The topological polar surface area (TPSA) is 106 Å². The van der Waals surface area contributed by atoms with Crippen LogP contribution < -0.4 is 21.2 Å². The molecule has 1 amide bonds. The average molecular weight is 259 g/mol. The Bertz CT molecular complexity index is 498. The molecule has 0 bridgehead atoms. The van der Waals surface area contributed by atoms with Crippen LogP contribution in [0.1, 0.15) is 6.92 Å². The molecule has 0 unspecified atom stereocenters. The average Bonchev–Trinajstić information content (AvgIpc) is 2.33. The van der Waals surface area contributed by atoms with Gasteiger partial charge >= 0.3 is 0 Å². The summed E-state index contributed by atoms with van der Waals surface area (Å²) in [4.78, 5) is 19.9. The van der Waals surface area contributed by atoms with Crippen molar-refractivity contribution in [1.82, 2.24) is 4.98 Å². The zero-order valence-corrected chi connectivity index (χ0v) is 11.2. The molecule has 0 aliphatic carbocycles. The second-order valence-corrected chi connectivity index (χ2v) is 3.97. The summed E-state index contributed by atoms with van der Waals surface area (Å²) in [6.07, 6.45) is 2.70. The zero-order chi connectivity index (χ0) is 13.5. The molecule has 1 aromatic rings. The summed E-state index contributed by atoms with van der Waals surface area (Å²) in [5.41, 5.74) is 11.1. The van der Waals surface area contributed by atoms with Gasteiger partial charge < -0.3 is 16.8 Å². The van der Waals surface area contributed by atoms with Gasteiger partial charge in [0.1, 0.15) is 17.3 Å². The summed E-state index contributed by atoms with van der Waals surface area (Å²) < 4.78 is 0.775. The fourth-order valence-corrected chi connectivity index (χ4v) is 1.36. The minimum atomic E-state index is -0.373. The van der Waals surface area contributed by atoms with E-state index in [1.165, 1.54) is 12.3 Å². The zero-order valence-electron chi connectivity index (χ0n) is 10.1. The van der Waals surface area contributed by atoms with E-state index in [-0.39, 0.29) is 11.6 Å². The van der Waals surface area contributed by atoms with Crippen molar-refractivity contribution in [2.24, 2.45) is 10.7 Å². The molecule has 0 saturated heterocycles. The van der Waals surface area contributed by atoms with Crippen molar-refractivity contribution in [3.63, 3.8) is 0 Å². The van der Waals surface area contributed by atoms with Crippen LogP contribution >= 0.6 is 0 Å². The molecule has 5 N–H and O–H groups in total. The predicted molar refractivity (Wildman–Crippen MR) is 74.0 cm³/mol. The Kier molecular flexibility index (Phi) is 5.37. The lowest BCUT2D eigenvalue weighted by Crippen LogP contribution is -2.23. The maximum atomic E-state index is 11.9. The molecule has 2 radical (unpaired) electrons. The molecular weight excluding hydrogens is 245 g/mol. The lowest BCUT2D eigenvalue weighted by Gasteiger charge is -2.07. The van der Waals surface area contributed by atoms with E-state index < -0.39 is 0 Å². The smallest absolute Gasteiger partial charge is 0.275 e. The van der Waals surface area contributed by atoms with Crippen molar-refractivity contribution in [1.29, 1.82) is 0 Å². The number of hydrogen-bond donors (Lipinski definition) is 3. The first kappa shape index (κ1) is 14.2. The lowest BCUT2D eigenvalue weighted by atomic mass is 10.3. The summed E-state index contributed by atoms with van der Waals surface area (Å²) in [6, 6.07) is 3.41. The molecule has 1 rings (SSSR count). The number of nitrogens with zero attached hydrogens (tertiary/aromatic N) is 2.